The van der Waals surface area contributed by atoms with Crippen LogP contribution in [0.4, 0.5) is 4.79 Å². The molecule has 0 bridgehead atoms. The zero-order chi connectivity index (χ0) is 26.2. The Morgan fingerprint density at radius 3 is 2.11 bits per heavy atom. The van der Waals surface area contributed by atoms with E-state index in [1.165, 1.54) is 0 Å². The fourth-order valence-corrected chi connectivity index (χ4v) is 4.45. The molecule has 3 aromatic rings. The van der Waals surface area contributed by atoms with Crippen LogP contribution in [0.25, 0.3) is 11.1 Å². The van der Waals surface area contributed by atoms with Crippen LogP contribution in [0.3, 0.4) is 0 Å². The Labute approximate surface area is 215 Å². The van der Waals surface area contributed by atoms with Gasteiger partial charge < -0.3 is 25.2 Å². The maximum atomic E-state index is 12.3. The summed E-state index contributed by atoms with van der Waals surface area (Å²) in [7, 11) is 0. The molecule has 0 heterocycles. The van der Waals surface area contributed by atoms with Crippen LogP contribution in [-0.4, -0.2) is 48.4 Å². The van der Waals surface area contributed by atoms with Crippen molar-refractivity contribution in [2.45, 2.75) is 38.0 Å². The van der Waals surface area contributed by atoms with Gasteiger partial charge >= 0.3 is 12.1 Å². The lowest BCUT2D eigenvalue weighted by atomic mass is 9.98. The van der Waals surface area contributed by atoms with Gasteiger partial charge in [0.1, 0.15) is 6.61 Å². The predicted octanol–water partition coefficient (Wildman–Crippen LogP) is 4.09. The van der Waals surface area contributed by atoms with Crippen molar-refractivity contribution in [2.75, 3.05) is 13.2 Å². The summed E-state index contributed by atoms with van der Waals surface area (Å²) in [5.41, 5.74) is 5.40. The first kappa shape index (κ1) is 25.9. The molecule has 0 saturated heterocycles. The normalized spacial score (nSPS) is 13.6. The van der Waals surface area contributed by atoms with Crippen LogP contribution in [0.5, 0.6) is 0 Å². The summed E-state index contributed by atoms with van der Waals surface area (Å²) in [6.45, 7) is 2.00. The monoisotopic (exact) mass is 502 g/mol. The maximum Gasteiger partial charge on any atom is 0.407 e. The van der Waals surface area contributed by atoms with Gasteiger partial charge in [0.15, 0.2) is 6.04 Å². The first-order valence-corrected chi connectivity index (χ1v) is 12.2. The zero-order valence-corrected chi connectivity index (χ0v) is 20.6. The molecule has 1 aliphatic rings. The lowest BCUT2D eigenvalue weighted by Crippen LogP contribution is -2.49. The molecule has 4 rings (SSSR count). The standard InChI is InChI=1S/C29H30N2O6/c1-19(36-17-20-9-3-2-4-10-20)27(28(33)34)31-26(32)15-16-30-29(35)37-18-25-23-13-7-5-11-21(23)22-12-6-8-14-24(22)25/h2-14,19,25,27H,15-18H2,1H3,(H,30,35)(H,31,32)(H,33,34)/t19-,27+/m0/s1. The molecule has 2 atom stereocenters. The summed E-state index contributed by atoms with van der Waals surface area (Å²) in [6.07, 6.45) is -1.49. The number of amides is 2. The smallest absolute Gasteiger partial charge is 0.407 e. The number of benzene rings is 3. The number of aliphatic carboxylic acids is 1. The van der Waals surface area contributed by atoms with Crippen LogP contribution in [-0.2, 0) is 25.7 Å². The van der Waals surface area contributed by atoms with Crippen molar-refractivity contribution in [3.05, 3.63) is 95.6 Å². The van der Waals surface area contributed by atoms with Crippen molar-refractivity contribution in [1.29, 1.82) is 0 Å². The summed E-state index contributed by atoms with van der Waals surface area (Å²) < 4.78 is 11.1. The number of carbonyl (C=O) groups excluding carboxylic acids is 2. The van der Waals surface area contributed by atoms with E-state index in [2.05, 4.69) is 22.8 Å². The van der Waals surface area contributed by atoms with Crippen LogP contribution in [0.15, 0.2) is 78.9 Å². The van der Waals surface area contributed by atoms with Crippen molar-refractivity contribution in [2.24, 2.45) is 0 Å². The molecule has 192 valence electrons. The molecule has 0 radical (unpaired) electrons. The molecule has 0 unspecified atom stereocenters. The summed E-state index contributed by atoms with van der Waals surface area (Å²) in [4.78, 5) is 36.3. The lowest BCUT2D eigenvalue weighted by Gasteiger charge is -2.22. The highest BCUT2D eigenvalue weighted by atomic mass is 16.5. The third kappa shape index (κ3) is 6.54. The van der Waals surface area contributed by atoms with Crippen molar-refractivity contribution < 1.29 is 29.0 Å². The number of hydrogen-bond acceptors (Lipinski definition) is 5. The first-order chi connectivity index (χ1) is 17.9. The van der Waals surface area contributed by atoms with Gasteiger partial charge in [0.2, 0.25) is 5.91 Å². The van der Waals surface area contributed by atoms with E-state index in [4.69, 9.17) is 9.47 Å². The van der Waals surface area contributed by atoms with Gasteiger partial charge in [-0.25, -0.2) is 9.59 Å². The third-order valence-electron chi connectivity index (χ3n) is 6.37. The number of alkyl carbamates (subject to hydrolysis) is 1. The van der Waals surface area contributed by atoms with Crippen molar-refractivity contribution in [3.8, 4) is 11.1 Å². The molecule has 8 heteroatoms. The maximum absolute atomic E-state index is 12.3. The van der Waals surface area contributed by atoms with Gasteiger partial charge in [-0.2, -0.15) is 0 Å². The minimum Gasteiger partial charge on any atom is -0.480 e. The van der Waals surface area contributed by atoms with Gasteiger partial charge in [-0.1, -0.05) is 78.9 Å². The Morgan fingerprint density at radius 2 is 1.49 bits per heavy atom. The summed E-state index contributed by atoms with van der Waals surface area (Å²) in [6, 6.07) is 24.2. The highest BCUT2D eigenvalue weighted by Gasteiger charge is 2.29. The molecule has 0 spiro atoms. The van der Waals surface area contributed by atoms with Gasteiger partial charge in [0.25, 0.3) is 0 Å². The Hall–Kier alpha value is -4.17. The molecule has 0 fully saturated rings. The van der Waals surface area contributed by atoms with Gasteiger partial charge in [-0.3, -0.25) is 4.79 Å². The van der Waals surface area contributed by atoms with Crippen LogP contribution in [0.1, 0.15) is 36.0 Å². The number of ether oxygens (including phenoxy) is 2. The molecule has 0 saturated carbocycles. The largest absolute Gasteiger partial charge is 0.480 e. The molecule has 37 heavy (non-hydrogen) atoms. The van der Waals surface area contributed by atoms with Crippen molar-refractivity contribution >= 4 is 18.0 Å². The second-order valence-electron chi connectivity index (χ2n) is 8.89. The molecule has 3 N–H and O–H groups in total. The highest BCUT2D eigenvalue weighted by Crippen LogP contribution is 2.44. The molecule has 3 aromatic carbocycles. The Morgan fingerprint density at radius 1 is 0.892 bits per heavy atom. The van der Waals surface area contributed by atoms with E-state index in [-0.39, 0.29) is 32.1 Å². The lowest BCUT2D eigenvalue weighted by molar-refractivity contribution is -0.146. The van der Waals surface area contributed by atoms with Gasteiger partial charge in [0, 0.05) is 18.9 Å². The topological polar surface area (TPSA) is 114 Å². The van der Waals surface area contributed by atoms with E-state index in [1.807, 2.05) is 66.7 Å². The number of rotatable bonds is 11. The fourth-order valence-electron chi connectivity index (χ4n) is 4.45. The number of carboxylic acids is 1. The second-order valence-corrected chi connectivity index (χ2v) is 8.89. The molecule has 1 aliphatic carbocycles. The molecule has 2 amide bonds. The Kier molecular flexibility index (Phi) is 8.53. The zero-order valence-electron chi connectivity index (χ0n) is 20.6. The van der Waals surface area contributed by atoms with Crippen LogP contribution < -0.4 is 10.6 Å². The number of nitrogens with one attached hydrogen (secondary N) is 2. The Bertz CT molecular complexity index is 1200. The van der Waals surface area contributed by atoms with E-state index in [9.17, 15) is 19.5 Å². The molecular weight excluding hydrogens is 472 g/mol. The average Bonchev–Trinajstić information content (AvgIpc) is 3.23. The van der Waals surface area contributed by atoms with E-state index in [1.54, 1.807) is 6.92 Å². The van der Waals surface area contributed by atoms with Crippen molar-refractivity contribution in [3.63, 3.8) is 0 Å². The predicted molar refractivity (Wildman–Crippen MR) is 138 cm³/mol. The fraction of sp³-hybridized carbons (Fsp3) is 0.276. The summed E-state index contributed by atoms with van der Waals surface area (Å²) in [5.74, 6) is -1.77. The quantitative estimate of drug-likeness (QED) is 0.364. The molecule has 8 nitrogen and oxygen atoms in total. The highest BCUT2D eigenvalue weighted by molar-refractivity contribution is 5.84. The summed E-state index contributed by atoms with van der Waals surface area (Å²) in [5, 5.41) is 14.6. The van der Waals surface area contributed by atoms with Crippen LogP contribution >= 0.6 is 0 Å². The van der Waals surface area contributed by atoms with E-state index < -0.39 is 30.1 Å². The van der Waals surface area contributed by atoms with Crippen LogP contribution in [0, 0.1) is 0 Å². The van der Waals surface area contributed by atoms with E-state index in [0.717, 1.165) is 27.8 Å². The Balaban J connectivity index is 1.21. The second kappa shape index (κ2) is 12.2. The SMILES string of the molecule is C[C@H](OCc1ccccc1)[C@@H](NC(=O)CCNC(=O)OCC1c2ccccc2-c2ccccc21)C(=O)O. The minimum atomic E-state index is -1.22. The van der Waals surface area contributed by atoms with E-state index in [0.29, 0.717) is 0 Å². The molecular formula is C29H30N2O6. The number of carboxylic acid groups (broad SMARTS) is 1. The van der Waals surface area contributed by atoms with Gasteiger partial charge in [-0.15, -0.1) is 0 Å². The summed E-state index contributed by atoms with van der Waals surface area (Å²) >= 11 is 0. The van der Waals surface area contributed by atoms with Crippen molar-refractivity contribution in [1.82, 2.24) is 10.6 Å². The first-order valence-electron chi connectivity index (χ1n) is 12.2. The van der Waals surface area contributed by atoms with Crippen LogP contribution in [0.2, 0.25) is 0 Å². The van der Waals surface area contributed by atoms with E-state index >= 15 is 0 Å². The average molecular weight is 503 g/mol. The van der Waals surface area contributed by atoms with Gasteiger partial charge in [0.05, 0.1) is 12.7 Å². The van der Waals surface area contributed by atoms with Gasteiger partial charge in [-0.05, 0) is 34.7 Å². The molecule has 0 aliphatic heterocycles. The molecule has 0 aromatic heterocycles. The minimum absolute atomic E-state index is 0.00804. The number of fused-ring (bicyclic) bond motifs is 3. The number of hydrogen-bond donors (Lipinski definition) is 3. The number of carbonyl (C=O) groups is 3. The third-order valence-corrected chi connectivity index (χ3v) is 6.37.